The number of carbonyl (C=O) groups excluding carboxylic acids is 2. The zero-order valence-electron chi connectivity index (χ0n) is 15.0. The van der Waals surface area contributed by atoms with E-state index >= 15 is 0 Å². The highest BCUT2D eigenvalue weighted by Gasteiger charge is 2.43. The van der Waals surface area contributed by atoms with Gasteiger partial charge in [-0.15, -0.1) is 0 Å². The number of methoxy groups -OCH3 is 1. The Morgan fingerprint density at radius 1 is 1.25 bits per heavy atom. The van der Waals surface area contributed by atoms with E-state index in [2.05, 4.69) is 4.74 Å². The molecule has 0 radical (unpaired) electrons. The maximum absolute atomic E-state index is 12.7. The third-order valence-electron chi connectivity index (χ3n) is 3.99. The van der Waals surface area contributed by atoms with Crippen molar-refractivity contribution in [3.05, 3.63) is 45.7 Å². The van der Waals surface area contributed by atoms with Crippen LogP contribution in [0.4, 0.5) is 13.2 Å². The van der Waals surface area contributed by atoms with E-state index in [-0.39, 0.29) is 18.5 Å². The SMILES string of the molecule is COCCn1cc(C(=O)OC(=O)C(F)(F)F)c(=O)c2cc(CCCN)ccc21. The largest absolute Gasteiger partial charge is 0.491 e. The number of benzene rings is 1. The van der Waals surface area contributed by atoms with Gasteiger partial charge in [-0.05, 0) is 37.1 Å². The fourth-order valence-electron chi connectivity index (χ4n) is 2.62. The number of pyridine rings is 1. The van der Waals surface area contributed by atoms with Gasteiger partial charge in [0.25, 0.3) is 0 Å². The second-order valence-electron chi connectivity index (χ2n) is 5.98. The molecule has 0 bridgehead atoms. The first-order valence-electron chi connectivity index (χ1n) is 8.37. The minimum atomic E-state index is -5.35. The summed E-state index contributed by atoms with van der Waals surface area (Å²) < 4.78 is 47.4. The van der Waals surface area contributed by atoms with Crippen LogP contribution in [0.3, 0.4) is 0 Å². The molecule has 7 nitrogen and oxygen atoms in total. The van der Waals surface area contributed by atoms with Crippen molar-refractivity contribution in [2.75, 3.05) is 20.3 Å². The summed E-state index contributed by atoms with van der Waals surface area (Å²) in [4.78, 5) is 35.7. The molecule has 152 valence electrons. The Morgan fingerprint density at radius 3 is 2.57 bits per heavy atom. The lowest BCUT2D eigenvalue weighted by atomic mass is 10.0. The van der Waals surface area contributed by atoms with E-state index in [1.165, 1.54) is 11.7 Å². The van der Waals surface area contributed by atoms with Crippen LogP contribution in [-0.2, 0) is 27.2 Å². The van der Waals surface area contributed by atoms with Crippen LogP contribution >= 0.6 is 0 Å². The van der Waals surface area contributed by atoms with E-state index in [1.54, 1.807) is 18.2 Å². The topological polar surface area (TPSA) is 101 Å². The third kappa shape index (κ3) is 4.96. The maximum Gasteiger partial charge on any atom is 0.491 e. The Morgan fingerprint density at radius 2 is 1.96 bits per heavy atom. The van der Waals surface area contributed by atoms with Crippen molar-refractivity contribution in [1.82, 2.24) is 4.57 Å². The van der Waals surface area contributed by atoms with Crippen molar-refractivity contribution in [2.45, 2.75) is 25.6 Å². The van der Waals surface area contributed by atoms with Crippen molar-refractivity contribution in [2.24, 2.45) is 5.73 Å². The van der Waals surface area contributed by atoms with Gasteiger partial charge < -0.3 is 19.8 Å². The normalized spacial score (nSPS) is 11.6. The summed E-state index contributed by atoms with van der Waals surface area (Å²) in [7, 11) is 1.45. The molecule has 1 heterocycles. The number of halogens is 3. The van der Waals surface area contributed by atoms with E-state index in [9.17, 15) is 27.6 Å². The van der Waals surface area contributed by atoms with E-state index in [0.717, 1.165) is 11.8 Å². The molecule has 0 aliphatic heterocycles. The summed E-state index contributed by atoms with van der Waals surface area (Å²) in [6.45, 7) is 0.897. The van der Waals surface area contributed by atoms with Crippen LogP contribution in [0.25, 0.3) is 10.9 Å². The maximum atomic E-state index is 12.7. The molecule has 0 fully saturated rings. The third-order valence-corrected chi connectivity index (χ3v) is 3.99. The van der Waals surface area contributed by atoms with Crippen molar-refractivity contribution < 1.29 is 32.2 Å². The van der Waals surface area contributed by atoms with Crippen LogP contribution in [0.5, 0.6) is 0 Å². The Labute approximate surface area is 157 Å². The van der Waals surface area contributed by atoms with Crippen molar-refractivity contribution in [3.63, 3.8) is 0 Å². The fourth-order valence-corrected chi connectivity index (χ4v) is 2.62. The van der Waals surface area contributed by atoms with Crippen LogP contribution in [0.1, 0.15) is 22.3 Å². The first-order chi connectivity index (χ1) is 13.2. The van der Waals surface area contributed by atoms with E-state index in [4.69, 9.17) is 10.5 Å². The Bertz CT molecular complexity index is 937. The summed E-state index contributed by atoms with van der Waals surface area (Å²) in [5.74, 6) is -4.34. The highest BCUT2D eigenvalue weighted by atomic mass is 19.4. The molecule has 0 aliphatic rings. The molecule has 0 amide bonds. The molecule has 0 saturated heterocycles. The molecule has 0 unspecified atom stereocenters. The quantitative estimate of drug-likeness (QED) is 0.562. The second-order valence-corrected chi connectivity index (χ2v) is 5.98. The molecule has 0 spiro atoms. The predicted octanol–water partition coefficient (Wildman–Crippen LogP) is 1.78. The summed E-state index contributed by atoms with van der Waals surface area (Å²) >= 11 is 0. The lowest BCUT2D eigenvalue weighted by molar-refractivity contribution is -0.193. The highest BCUT2D eigenvalue weighted by Crippen LogP contribution is 2.19. The number of ether oxygens (including phenoxy) is 2. The molecule has 2 rings (SSSR count). The first-order valence-corrected chi connectivity index (χ1v) is 8.37. The summed E-state index contributed by atoms with van der Waals surface area (Å²) in [5.41, 5.74) is 5.24. The summed E-state index contributed by atoms with van der Waals surface area (Å²) in [6.07, 6.45) is -3.03. The minimum absolute atomic E-state index is 0.125. The van der Waals surface area contributed by atoms with Crippen molar-refractivity contribution >= 4 is 22.8 Å². The lowest BCUT2D eigenvalue weighted by Crippen LogP contribution is -2.30. The van der Waals surface area contributed by atoms with Gasteiger partial charge in [-0.1, -0.05) is 6.07 Å². The molecule has 2 N–H and O–H groups in total. The predicted molar refractivity (Wildman–Crippen MR) is 93.9 cm³/mol. The first kappa shape index (κ1) is 21.6. The molecular formula is C18H19F3N2O5. The Balaban J connectivity index is 2.55. The van der Waals surface area contributed by atoms with Gasteiger partial charge in [0.1, 0.15) is 5.56 Å². The number of alkyl halides is 3. The van der Waals surface area contributed by atoms with Gasteiger partial charge in [-0.25, -0.2) is 9.59 Å². The summed E-state index contributed by atoms with van der Waals surface area (Å²) in [6, 6.07) is 5.03. The van der Waals surface area contributed by atoms with Gasteiger partial charge in [0.05, 0.1) is 12.1 Å². The Kier molecular flexibility index (Phi) is 6.92. The molecule has 1 aromatic heterocycles. The van der Waals surface area contributed by atoms with Crippen LogP contribution < -0.4 is 11.2 Å². The van der Waals surface area contributed by atoms with Gasteiger partial charge in [-0.3, -0.25) is 4.79 Å². The number of rotatable bonds is 7. The second kappa shape index (κ2) is 8.98. The van der Waals surface area contributed by atoms with Gasteiger partial charge >= 0.3 is 18.1 Å². The molecule has 2 aromatic rings. The van der Waals surface area contributed by atoms with E-state index in [0.29, 0.717) is 24.9 Å². The van der Waals surface area contributed by atoms with Gasteiger partial charge in [0, 0.05) is 25.2 Å². The van der Waals surface area contributed by atoms with Crippen LogP contribution in [0.2, 0.25) is 0 Å². The Hall–Kier alpha value is -2.72. The fraction of sp³-hybridized carbons (Fsp3) is 0.389. The minimum Gasteiger partial charge on any atom is -0.383 e. The molecule has 28 heavy (non-hydrogen) atoms. The monoisotopic (exact) mass is 400 g/mol. The van der Waals surface area contributed by atoms with E-state index in [1.807, 2.05) is 0 Å². The molecular weight excluding hydrogens is 381 g/mol. The molecule has 10 heteroatoms. The van der Waals surface area contributed by atoms with Crippen molar-refractivity contribution in [1.29, 1.82) is 0 Å². The molecule has 0 aliphatic carbocycles. The number of fused-ring (bicyclic) bond motifs is 1. The average Bonchev–Trinajstić information content (AvgIpc) is 2.65. The number of hydrogen-bond acceptors (Lipinski definition) is 6. The number of aromatic nitrogens is 1. The smallest absolute Gasteiger partial charge is 0.383 e. The number of nitrogens with two attached hydrogens (primary N) is 1. The molecule has 0 saturated carbocycles. The zero-order chi connectivity index (χ0) is 20.9. The molecule has 1 aromatic carbocycles. The van der Waals surface area contributed by atoms with Crippen molar-refractivity contribution in [3.8, 4) is 0 Å². The number of carbonyl (C=O) groups is 2. The van der Waals surface area contributed by atoms with Gasteiger partial charge in [-0.2, -0.15) is 13.2 Å². The summed E-state index contributed by atoms with van der Waals surface area (Å²) in [5, 5.41) is 0.125. The highest BCUT2D eigenvalue weighted by molar-refractivity contribution is 6.00. The number of esters is 2. The molecule has 0 atom stereocenters. The van der Waals surface area contributed by atoms with Gasteiger partial charge in [0.2, 0.25) is 5.43 Å². The van der Waals surface area contributed by atoms with Crippen LogP contribution in [0, 0.1) is 0 Å². The number of hydrogen-bond donors (Lipinski definition) is 1. The van der Waals surface area contributed by atoms with E-state index < -0.39 is 29.1 Å². The average molecular weight is 400 g/mol. The zero-order valence-corrected chi connectivity index (χ0v) is 15.0. The standard InChI is InChI=1S/C18H19F3N2O5/c1-27-8-7-23-10-13(16(25)28-17(26)18(19,20)21)15(24)12-9-11(3-2-6-22)4-5-14(12)23/h4-5,9-10H,2-3,6-8,22H2,1H3. The number of aryl methyl sites for hydroxylation is 1. The lowest BCUT2D eigenvalue weighted by Gasteiger charge is -2.14. The van der Waals surface area contributed by atoms with Crippen LogP contribution in [-0.4, -0.2) is 42.9 Å². The number of nitrogens with zero attached hydrogens (tertiary/aromatic N) is 1. The van der Waals surface area contributed by atoms with Crippen LogP contribution in [0.15, 0.2) is 29.2 Å². The van der Waals surface area contributed by atoms with Gasteiger partial charge in [0.15, 0.2) is 0 Å².